The van der Waals surface area contributed by atoms with Crippen LogP contribution in [0, 0.1) is 5.92 Å². The van der Waals surface area contributed by atoms with Crippen LogP contribution < -0.4 is 14.8 Å². The van der Waals surface area contributed by atoms with Gasteiger partial charge in [0.05, 0.1) is 14.2 Å². The minimum absolute atomic E-state index is 0.00350. The number of rotatable bonds is 5. The third-order valence-electron chi connectivity index (χ3n) is 5.93. The van der Waals surface area contributed by atoms with Gasteiger partial charge in [0.25, 0.3) is 5.91 Å². The SMILES string of the molecule is COc1cc(OC)cc(C(=O)N2CCC(C(=O)N(C)C3CCNCC3)CC2)c1. The second kappa shape index (κ2) is 9.28. The molecule has 0 spiro atoms. The largest absolute Gasteiger partial charge is 0.497 e. The summed E-state index contributed by atoms with van der Waals surface area (Å²) in [6.07, 6.45) is 3.44. The molecule has 2 fully saturated rings. The van der Waals surface area contributed by atoms with Crippen LogP contribution in [0.1, 0.15) is 36.0 Å². The minimum Gasteiger partial charge on any atom is -0.497 e. The van der Waals surface area contributed by atoms with Gasteiger partial charge < -0.3 is 24.6 Å². The van der Waals surface area contributed by atoms with Crippen molar-refractivity contribution in [3.05, 3.63) is 23.8 Å². The molecule has 28 heavy (non-hydrogen) atoms. The third-order valence-corrected chi connectivity index (χ3v) is 5.93. The Labute approximate surface area is 167 Å². The maximum absolute atomic E-state index is 12.9. The van der Waals surface area contributed by atoms with E-state index in [9.17, 15) is 9.59 Å². The molecule has 1 N–H and O–H groups in total. The van der Waals surface area contributed by atoms with Crippen molar-refractivity contribution in [1.29, 1.82) is 0 Å². The Morgan fingerprint density at radius 3 is 2.11 bits per heavy atom. The van der Waals surface area contributed by atoms with Crippen molar-refractivity contribution in [3.8, 4) is 11.5 Å². The predicted molar refractivity (Wildman–Crippen MR) is 107 cm³/mol. The highest BCUT2D eigenvalue weighted by molar-refractivity contribution is 5.95. The lowest BCUT2D eigenvalue weighted by Gasteiger charge is -2.37. The molecule has 7 nitrogen and oxygen atoms in total. The number of nitrogens with one attached hydrogen (secondary N) is 1. The maximum atomic E-state index is 12.9. The predicted octanol–water partition coefficient (Wildman–Crippen LogP) is 1.77. The van der Waals surface area contributed by atoms with Crippen LogP contribution in [-0.4, -0.2) is 75.1 Å². The average molecular weight is 389 g/mol. The number of nitrogens with zero attached hydrogens (tertiary/aromatic N) is 2. The Morgan fingerprint density at radius 1 is 1.00 bits per heavy atom. The number of carbonyl (C=O) groups is 2. The second-order valence-corrected chi connectivity index (χ2v) is 7.60. The molecule has 7 heteroatoms. The van der Waals surface area contributed by atoms with E-state index in [-0.39, 0.29) is 17.7 Å². The van der Waals surface area contributed by atoms with E-state index in [2.05, 4.69) is 5.32 Å². The summed E-state index contributed by atoms with van der Waals surface area (Å²) in [7, 11) is 5.07. The molecule has 0 atom stereocenters. The molecule has 3 rings (SSSR count). The van der Waals surface area contributed by atoms with Crippen molar-refractivity contribution < 1.29 is 19.1 Å². The summed E-state index contributed by atoms with van der Waals surface area (Å²) in [5.74, 6) is 1.37. The van der Waals surface area contributed by atoms with Crippen LogP contribution in [0.4, 0.5) is 0 Å². The summed E-state index contributed by atoms with van der Waals surface area (Å²) in [5.41, 5.74) is 0.549. The fourth-order valence-electron chi connectivity index (χ4n) is 4.10. The van der Waals surface area contributed by atoms with Crippen molar-refractivity contribution in [2.45, 2.75) is 31.7 Å². The zero-order valence-electron chi connectivity index (χ0n) is 17.1. The fourth-order valence-corrected chi connectivity index (χ4v) is 4.10. The van der Waals surface area contributed by atoms with Crippen LogP contribution in [-0.2, 0) is 4.79 Å². The van der Waals surface area contributed by atoms with Gasteiger partial charge in [0.2, 0.25) is 5.91 Å². The number of hydrogen-bond acceptors (Lipinski definition) is 5. The highest BCUT2D eigenvalue weighted by atomic mass is 16.5. The molecule has 154 valence electrons. The smallest absolute Gasteiger partial charge is 0.254 e. The Balaban J connectivity index is 1.58. The molecule has 2 aliphatic rings. The second-order valence-electron chi connectivity index (χ2n) is 7.60. The number of carbonyl (C=O) groups excluding carboxylic acids is 2. The van der Waals surface area contributed by atoms with E-state index in [1.807, 2.05) is 16.8 Å². The van der Waals surface area contributed by atoms with Gasteiger partial charge in [0.15, 0.2) is 0 Å². The van der Waals surface area contributed by atoms with Crippen LogP contribution in [0.15, 0.2) is 18.2 Å². The molecule has 0 unspecified atom stereocenters. The van der Waals surface area contributed by atoms with Gasteiger partial charge in [-0.3, -0.25) is 9.59 Å². The van der Waals surface area contributed by atoms with Gasteiger partial charge in [0.1, 0.15) is 11.5 Å². The average Bonchev–Trinajstić information content (AvgIpc) is 2.77. The molecule has 2 aliphatic heterocycles. The first kappa shape index (κ1) is 20.5. The number of likely N-dealkylation sites (tertiary alicyclic amines) is 1. The summed E-state index contributed by atoms with van der Waals surface area (Å²) in [5, 5.41) is 3.34. The van der Waals surface area contributed by atoms with Crippen LogP contribution in [0.2, 0.25) is 0 Å². The van der Waals surface area contributed by atoms with Gasteiger partial charge in [-0.2, -0.15) is 0 Å². The molecule has 2 heterocycles. The first-order valence-corrected chi connectivity index (χ1v) is 10.0. The van der Waals surface area contributed by atoms with Crippen molar-refractivity contribution in [1.82, 2.24) is 15.1 Å². The van der Waals surface area contributed by atoms with Crippen LogP contribution in [0.5, 0.6) is 11.5 Å². The van der Waals surface area contributed by atoms with E-state index >= 15 is 0 Å². The Bertz CT molecular complexity index is 673. The van der Waals surface area contributed by atoms with Crippen molar-refractivity contribution in [2.24, 2.45) is 5.92 Å². The standard InChI is InChI=1S/C21H31N3O4/c1-23(17-4-8-22-9-5-17)20(25)15-6-10-24(11-7-15)21(26)16-12-18(27-2)14-19(13-16)28-3/h12-15,17,22H,4-11H2,1-3H3. The number of amides is 2. The molecule has 1 aromatic rings. The zero-order valence-corrected chi connectivity index (χ0v) is 17.1. The summed E-state index contributed by atoms with van der Waals surface area (Å²) < 4.78 is 10.5. The van der Waals surface area contributed by atoms with Gasteiger partial charge in [-0.15, -0.1) is 0 Å². The minimum atomic E-state index is -0.0465. The zero-order chi connectivity index (χ0) is 20.1. The quantitative estimate of drug-likeness (QED) is 0.831. The molecular formula is C21H31N3O4. The molecule has 0 bridgehead atoms. The van der Waals surface area contributed by atoms with Gasteiger partial charge in [-0.25, -0.2) is 0 Å². The third kappa shape index (κ3) is 4.58. The van der Waals surface area contributed by atoms with Crippen molar-refractivity contribution in [2.75, 3.05) is 47.4 Å². The van der Waals surface area contributed by atoms with Crippen LogP contribution in [0.3, 0.4) is 0 Å². The Kier molecular flexibility index (Phi) is 6.78. The number of piperidine rings is 2. The fraction of sp³-hybridized carbons (Fsp3) is 0.619. The first-order chi connectivity index (χ1) is 13.5. The number of methoxy groups -OCH3 is 2. The molecule has 1 aromatic carbocycles. The van der Waals surface area contributed by atoms with Gasteiger partial charge in [0, 0.05) is 43.7 Å². The lowest BCUT2D eigenvalue weighted by atomic mass is 9.93. The molecule has 0 aliphatic carbocycles. The molecule has 2 saturated heterocycles. The first-order valence-electron chi connectivity index (χ1n) is 10.0. The number of benzene rings is 1. The monoisotopic (exact) mass is 389 g/mol. The van der Waals surface area contributed by atoms with Crippen molar-refractivity contribution >= 4 is 11.8 Å². The molecular weight excluding hydrogens is 358 g/mol. The highest BCUT2D eigenvalue weighted by Crippen LogP contribution is 2.26. The number of hydrogen-bond donors (Lipinski definition) is 1. The van der Waals surface area contributed by atoms with E-state index in [4.69, 9.17) is 9.47 Å². The molecule has 2 amide bonds. The lowest BCUT2D eigenvalue weighted by Crippen LogP contribution is -2.48. The van der Waals surface area contributed by atoms with Gasteiger partial charge >= 0.3 is 0 Å². The van der Waals surface area contributed by atoms with Gasteiger partial charge in [-0.1, -0.05) is 0 Å². The summed E-state index contributed by atoms with van der Waals surface area (Å²) in [6, 6.07) is 5.54. The molecule has 0 saturated carbocycles. The topological polar surface area (TPSA) is 71.1 Å². The lowest BCUT2D eigenvalue weighted by molar-refractivity contribution is -0.138. The summed E-state index contributed by atoms with van der Waals surface area (Å²) in [6.45, 7) is 3.13. The van der Waals surface area contributed by atoms with E-state index in [0.717, 1.165) is 25.9 Å². The van der Waals surface area contributed by atoms with Gasteiger partial charge in [-0.05, 0) is 50.9 Å². The maximum Gasteiger partial charge on any atom is 0.254 e. The normalized spacial score (nSPS) is 18.6. The number of ether oxygens (including phenoxy) is 2. The van der Waals surface area contributed by atoms with Crippen LogP contribution in [0.25, 0.3) is 0 Å². The van der Waals surface area contributed by atoms with Crippen molar-refractivity contribution in [3.63, 3.8) is 0 Å². The van der Waals surface area contributed by atoms with Crippen LogP contribution >= 0.6 is 0 Å². The van der Waals surface area contributed by atoms with E-state index < -0.39 is 0 Å². The summed E-state index contributed by atoms with van der Waals surface area (Å²) in [4.78, 5) is 29.5. The van der Waals surface area contributed by atoms with E-state index in [1.165, 1.54) is 0 Å². The summed E-state index contributed by atoms with van der Waals surface area (Å²) >= 11 is 0. The van der Waals surface area contributed by atoms with E-state index in [1.54, 1.807) is 32.4 Å². The highest BCUT2D eigenvalue weighted by Gasteiger charge is 2.32. The molecule has 0 aromatic heterocycles. The Morgan fingerprint density at radius 2 is 1.57 bits per heavy atom. The Hall–Kier alpha value is -2.28. The van der Waals surface area contributed by atoms with E-state index in [0.29, 0.717) is 49.0 Å². The molecule has 0 radical (unpaired) electrons.